The van der Waals surface area contributed by atoms with E-state index < -0.39 is 5.82 Å². The molecular weight excluding hydrogens is 355 g/mol. The van der Waals surface area contributed by atoms with E-state index in [9.17, 15) is 14.0 Å². The highest BCUT2D eigenvalue weighted by atomic mass is 35.5. The highest BCUT2D eigenvalue weighted by Gasteiger charge is 2.43. The van der Waals surface area contributed by atoms with Gasteiger partial charge in [0.2, 0.25) is 5.91 Å². The van der Waals surface area contributed by atoms with Gasteiger partial charge in [-0.25, -0.2) is 4.39 Å². The summed E-state index contributed by atoms with van der Waals surface area (Å²) in [6, 6.07) is 3.98. The molecule has 1 aromatic carbocycles. The van der Waals surface area contributed by atoms with Crippen LogP contribution >= 0.6 is 11.6 Å². The molecule has 1 aromatic rings. The molecule has 1 aliphatic carbocycles. The lowest BCUT2D eigenvalue weighted by Gasteiger charge is -2.48. The topological polar surface area (TPSA) is 40.6 Å². The van der Waals surface area contributed by atoms with Crippen LogP contribution in [-0.4, -0.2) is 47.8 Å². The first kappa shape index (κ1) is 17.8. The van der Waals surface area contributed by atoms with Crippen LogP contribution in [0.5, 0.6) is 0 Å². The molecule has 2 amide bonds. The van der Waals surface area contributed by atoms with Crippen molar-refractivity contribution in [2.45, 2.75) is 38.5 Å². The predicted molar refractivity (Wildman–Crippen MR) is 97.5 cm³/mol. The Morgan fingerprint density at radius 2 is 2.04 bits per heavy atom. The molecule has 2 saturated heterocycles. The van der Waals surface area contributed by atoms with E-state index >= 15 is 0 Å². The normalized spacial score (nSPS) is 26.5. The number of rotatable bonds is 3. The van der Waals surface area contributed by atoms with Crippen LogP contribution in [0.2, 0.25) is 5.02 Å². The largest absolute Gasteiger partial charge is 0.342 e. The van der Waals surface area contributed by atoms with Crippen LogP contribution in [0.1, 0.15) is 48.9 Å². The minimum atomic E-state index is -0.494. The Morgan fingerprint density at radius 3 is 2.77 bits per heavy atom. The zero-order valence-electron chi connectivity index (χ0n) is 14.8. The SMILES string of the molecule is O=C1CCC2(CCCN(C(=O)c3cc(F)cc(Cl)c3)C2)CN1CC1CC1. The van der Waals surface area contributed by atoms with E-state index in [1.165, 1.54) is 31.0 Å². The van der Waals surface area contributed by atoms with Gasteiger partial charge in [0.15, 0.2) is 0 Å². The minimum absolute atomic E-state index is 0.0200. The third-order valence-electron chi connectivity index (χ3n) is 5.98. The lowest BCUT2D eigenvalue weighted by molar-refractivity contribution is -0.139. The van der Waals surface area contributed by atoms with Gasteiger partial charge in [-0.15, -0.1) is 0 Å². The Morgan fingerprint density at radius 1 is 1.23 bits per heavy atom. The molecule has 3 aliphatic rings. The van der Waals surface area contributed by atoms with E-state index in [-0.39, 0.29) is 22.3 Å². The first-order chi connectivity index (χ1) is 12.4. The molecule has 3 fully saturated rings. The monoisotopic (exact) mass is 378 g/mol. The summed E-state index contributed by atoms with van der Waals surface area (Å²) in [7, 11) is 0. The lowest BCUT2D eigenvalue weighted by atomic mass is 9.73. The maximum Gasteiger partial charge on any atom is 0.254 e. The fraction of sp³-hybridized carbons (Fsp3) is 0.600. The summed E-state index contributed by atoms with van der Waals surface area (Å²) in [5.41, 5.74) is 0.280. The molecule has 4 rings (SSSR count). The van der Waals surface area contributed by atoms with Crippen molar-refractivity contribution in [3.05, 3.63) is 34.6 Å². The second-order valence-electron chi connectivity index (χ2n) is 8.21. The molecular formula is C20H24ClFN2O2. The summed E-state index contributed by atoms with van der Waals surface area (Å²) in [5, 5.41) is 0.235. The van der Waals surface area contributed by atoms with Crippen LogP contribution in [0.3, 0.4) is 0 Å². The smallest absolute Gasteiger partial charge is 0.254 e. The second-order valence-corrected chi connectivity index (χ2v) is 8.64. The summed E-state index contributed by atoms with van der Waals surface area (Å²) < 4.78 is 13.6. The fourth-order valence-corrected chi connectivity index (χ4v) is 4.68. The highest BCUT2D eigenvalue weighted by molar-refractivity contribution is 6.31. The fourth-order valence-electron chi connectivity index (χ4n) is 4.46. The van der Waals surface area contributed by atoms with Gasteiger partial charge in [0, 0.05) is 48.6 Å². The highest BCUT2D eigenvalue weighted by Crippen LogP contribution is 2.41. The third kappa shape index (κ3) is 3.73. The molecule has 0 N–H and O–H groups in total. The summed E-state index contributed by atoms with van der Waals surface area (Å²) >= 11 is 5.91. The number of piperidine rings is 2. The van der Waals surface area contributed by atoms with E-state index in [1.807, 2.05) is 9.80 Å². The molecule has 1 spiro atoms. The Kier molecular flexibility index (Phi) is 4.68. The predicted octanol–water partition coefficient (Wildman–Crippen LogP) is 3.73. The molecule has 1 saturated carbocycles. The van der Waals surface area contributed by atoms with Crippen LogP contribution in [0.4, 0.5) is 4.39 Å². The maximum absolute atomic E-state index is 13.6. The average molecular weight is 379 g/mol. The van der Waals surface area contributed by atoms with Crippen LogP contribution < -0.4 is 0 Å². The van der Waals surface area contributed by atoms with Gasteiger partial charge in [-0.1, -0.05) is 11.6 Å². The van der Waals surface area contributed by atoms with Crippen molar-refractivity contribution in [3.8, 4) is 0 Å². The van der Waals surface area contributed by atoms with Gasteiger partial charge in [-0.05, 0) is 56.2 Å². The van der Waals surface area contributed by atoms with Gasteiger partial charge < -0.3 is 9.80 Å². The molecule has 0 aromatic heterocycles. The number of benzene rings is 1. The summed E-state index contributed by atoms with van der Waals surface area (Å²) in [5.74, 6) is 0.260. The number of nitrogens with zero attached hydrogens (tertiary/aromatic N) is 2. The van der Waals surface area contributed by atoms with E-state index in [1.54, 1.807) is 0 Å². The van der Waals surface area contributed by atoms with Crippen molar-refractivity contribution >= 4 is 23.4 Å². The molecule has 0 radical (unpaired) electrons. The van der Waals surface area contributed by atoms with E-state index in [0.29, 0.717) is 31.0 Å². The minimum Gasteiger partial charge on any atom is -0.342 e. The standard InChI is InChI=1S/C20H24ClFN2O2/c21-16-8-15(9-17(22)10-16)19(26)23-7-1-5-20(12-23)6-4-18(25)24(13-20)11-14-2-3-14/h8-10,14H,1-7,11-13H2. The number of hydrogen-bond donors (Lipinski definition) is 0. The molecule has 6 heteroatoms. The Labute approximate surface area is 158 Å². The summed E-state index contributed by atoms with van der Waals surface area (Å²) in [6.07, 6.45) is 5.81. The van der Waals surface area contributed by atoms with Gasteiger partial charge in [-0.2, -0.15) is 0 Å². The first-order valence-electron chi connectivity index (χ1n) is 9.47. The lowest BCUT2D eigenvalue weighted by Crippen LogP contribution is -2.55. The van der Waals surface area contributed by atoms with Crippen LogP contribution in [0.15, 0.2) is 18.2 Å². The number of halogens is 2. The summed E-state index contributed by atoms with van der Waals surface area (Å²) in [6.45, 7) is 2.92. The van der Waals surface area contributed by atoms with Gasteiger partial charge in [-0.3, -0.25) is 9.59 Å². The molecule has 1 atom stereocenters. The van der Waals surface area contributed by atoms with Gasteiger partial charge in [0.05, 0.1) is 0 Å². The number of amides is 2. The number of carbonyl (C=O) groups excluding carboxylic acids is 2. The molecule has 140 valence electrons. The average Bonchev–Trinajstić information content (AvgIpc) is 3.41. The first-order valence-corrected chi connectivity index (χ1v) is 9.85. The quantitative estimate of drug-likeness (QED) is 0.804. The zero-order valence-corrected chi connectivity index (χ0v) is 15.6. The molecule has 26 heavy (non-hydrogen) atoms. The van der Waals surface area contributed by atoms with Gasteiger partial charge >= 0.3 is 0 Å². The molecule has 4 nitrogen and oxygen atoms in total. The Balaban J connectivity index is 1.49. The second kappa shape index (κ2) is 6.84. The van der Waals surface area contributed by atoms with E-state index in [4.69, 9.17) is 11.6 Å². The van der Waals surface area contributed by atoms with Crippen LogP contribution in [-0.2, 0) is 4.79 Å². The van der Waals surface area contributed by atoms with Crippen molar-refractivity contribution < 1.29 is 14.0 Å². The van der Waals surface area contributed by atoms with E-state index in [0.717, 1.165) is 32.4 Å². The Bertz CT molecular complexity index is 716. The van der Waals surface area contributed by atoms with Gasteiger partial charge in [0.1, 0.15) is 5.82 Å². The van der Waals surface area contributed by atoms with Gasteiger partial charge in [0.25, 0.3) is 5.91 Å². The third-order valence-corrected chi connectivity index (χ3v) is 6.20. The molecule has 0 bridgehead atoms. The zero-order chi connectivity index (χ0) is 18.3. The molecule has 2 aliphatic heterocycles. The van der Waals surface area contributed by atoms with Crippen molar-refractivity contribution in [1.82, 2.24) is 9.80 Å². The molecule has 1 unspecified atom stereocenters. The van der Waals surface area contributed by atoms with Crippen molar-refractivity contribution in [1.29, 1.82) is 0 Å². The van der Waals surface area contributed by atoms with E-state index in [2.05, 4.69) is 0 Å². The summed E-state index contributed by atoms with van der Waals surface area (Å²) in [4.78, 5) is 29.0. The molecule has 2 heterocycles. The number of carbonyl (C=O) groups is 2. The number of likely N-dealkylation sites (tertiary alicyclic amines) is 2. The van der Waals surface area contributed by atoms with Crippen LogP contribution in [0, 0.1) is 17.2 Å². The maximum atomic E-state index is 13.6. The van der Waals surface area contributed by atoms with Crippen LogP contribution in [0.25, 0.3) is 0 Å². The van der Waals surface area contributed by atoms with Crippen molar-refractivity contribution in [2.75, 3.05) is 26.2 Å². The Hall–Kier alpha value is -1.62. The van der Waals surface area contributed by atoms with Crippen molar-refractivity contribution in [3.63, 3.8) is 0 Å². The van der Waals surface area contributed by atoms with Crippen molar-refractivity contribution in [2.24, 2.45) is 11.3 Å². The number of hydrogen-bond acceptors (Lipinski definition) is 2.